The zero-order valence-electron chi connectivity index (χ0n) is 13.4. The third-order valence-corrected chi connectivity index (χ3v) is 3.27. The summed E-state index contributed by atoms with van der Waals surface area (Å²) in [6.45, 7) is 3.15. The van der Waals surface area contributed by atoms with E-state index in [1.54, 1.807) is 31.2 Å². The first-order chi connectivity index (χ1) is 11.0. The van der Waals surface area contributed by atoms with Crippen LogP contribution in [0.1, 0.15) is 25.1 Å². The fraction of sp³-hybridized carbons (Fsp3) is 0.235. The summed E-state index contributed by atoms with van der Waals surface area (Å²) in [5.74, 6) is -0.0689. The molecule has 2 rings (SSSR count). The second kappa shape index (κ2) is 7.40. The van der Waals surface area contributed by atoms with Gasteiger partial charge in [0.05, 0.1) is 12.1 Å². The first-order valence-corrected chi connectivity index (χ1v) is 7.18. The molecule has 0 saturated carbocycles. The fourth-order valence-electron chi connectivity index (χ4n) is 2.03. The lowest BCUT2D eigenvalue weighted by Crippen LogP contribution is -2.22. The van der Waals surface area contributed by atoms with E-state index in [0.29, 0.717) is 11.5 Å². The molecule has 1 N–H and O–H groups in total. The lowest BCUT2D eigenvalue weighted by molar-refractivity contribution is -0.131. The Morgan fingerprint density at radius 3 is 2.43 bits per heavy atom. The highest BCUT2D eigenvalue weighted by Gasteiger charge is 2.06. The van der Waals surface area contributed by atoms with Gasteiger partial charge in [-0.3, -0.25) is 9.59 Å². The molecule has 120 valence electrons. The van der Waals surface area contributed by atoms with Gasteiger partial charge in [-0.15, -0.1) is 0 Å². The highest BCUT2D eigenvalue weighted by Crippen LogP contribution is 2.13. The highest BCUT2D eigenvalue weighted by atomic mass is 16.5. The number of ether oxygens (including phenoxy) is 1. The van der Waals surface area contributed by atoms with Gasteiger partial charge in [-0.2, -0.15) is 5.10 Å². The van der Waals surface area contributed by atoms with Crippen LogP contribution in [-0.4, -0.2) is 22.2 Å². The third-order valence-electron chi connectivity index (χ3n) is 3.27. The maximum Gasteiger partial charge on any atom is 0.308 e. The van der Waals surface area contributed by atoms with Crippen molar-refractivity contribution in [3.63, 3.8) is 0 Å². The highest BCUT2D eigenvalue weighted by molar-refractivity contribution is 5.99. The Morgan fingerprint density at radius 2 is 1.87 bits per heavy atom. The van der Waals surface area contributed by atoms with Crippen LogP contribution >= 0.6 is 0 Å². The van der Waals surface area contributed by atoms with Gasteiger partial charge in [-0.25, -0.2) is 5.43 Å². The predicted molar refractivity (Wildman–Crippen MR) is 87.2 cm³/mol. The molecule has 0 unspecified atom stereocenters. The number of carbonyl (C=O) groups is 2. The summed E-state index contributed by atoms with van der Waals surface area (Å²) in [6, 6.07) is 10.7. The van der Waals surface area contributed by atoms with Gasteiger partial charge >= 0.3 is 5.97 Å². The van der Waals surface area contributed by atoms with Crippen molar-refractivity contribution in [1.82, 2.24) is 9.99 Å². The standard InChI is InChI=1S/C17H19N3O3/c1-12(14-6-8-16(9-7-14)23-13(2)21)18-19-17(22)11-15-5-4-10-20(15)3/h4-10H,11H2,1-3H3,(H,19,22)/b18-12+. The van der Waals surface area contributed by atoms with E-state index >= 15 is 0 Å². The molecule has 6 heteroatoms. The van der Waals surface area contributed by atoms with Gasteiger partial charge in [0, 0.05) is 25.9 Å². The minimum absolute atomic E-state index is 0.178. The minimum atomic E-state index is -0.365. The minimum Gasteiger partial charge on any atom is -0.427 e. The van der Waals surface area contributed by atoms with Crippen LogP contribution in [0, 0.1) is 0 Å². The van der Waals surface area contributed by atoms with Crippen molar-refractivity contribution in [1.29, 1.82) is 0 Å². The smallest absolute Gasteiger partial charge is 0.308 e. The number of carbonyl (C=O) groups excluding carboxylic acids is 2. The van der Waals surface area contributed by atoms with E-state index < -0.39 is 0 Å². The lowest BCUT2D eigenvalue weighted by Gasteiger charge is -2.05. The van der Waals surface area contributed by atoms with Crippen molar-refractivity contribution in [2.45, 2.75) is 20.3 Å². The van der Waals surface area contributed by atoms with Gasteiger partial charge in [0.2, 0.25) is 5.91 Å². The number of aromatic nitrogens is 1. The molecule has 6 nitrogen and oxygen atoms in total. The largest absolute Gasteiger partial charge is 0.427 e. The number of nitrogens with zero attached hydrogens (tertiary/aromatic N) is 2. The van der Waals surface area contributed by atoms with Crippen molar-refractivity contribution in [3.8, 4) is 5.75 Å². The third kappa shape index (κ3) is 4.81. The molecular weight excluding hydrogens is 294 g/mol. The summed E-state index contributed by atoms with van der Waals surface area (Å²) < 4.78 is 6.86. The Morgan fingerprint density at radius 1 is 1.17 bits per heavy atom. The number of rotatable bonds is 5. The van der Waals surface area contributed by atoms with Crippen LogP contribution in [0.3, 0.4) is 0 Å². The Hall–Kier alpha value is -2.89. The molecule has 0 spiro atoms. The number of aryl methyl sites for hydroxylation is 1. The molecule has 0 aliphatic heterocycles. The molecule has 1 aromatic heterocycles. The SMILES string of the molecule is CC(=O)Oc1ccc(/C(C)=N/NC(=O)Cc2cccn2C)cc1. The number of hydrazone groups is 1. The number of nitrogens with one attached hydrogen (secondary N) is 1. The number of hydrogen-bond donors (Lipinski definition) is 1. The van der Waals surface area contributed by atoms with Crippen LogP contribution in [0.15, 0.2) is 47.7 Å². The molecule has 0 aliphatic carbocycles. The van der Waals surface area contributed by atoms with Crippen LogP contribution in [0.4, 0.5) is 0 Å². The van der Waals surface area contributed by atoms with Gasteiger partial charge in [0.25, 0.3) is 0 Å². The molecule has 23 heavy (non-hydrogen) atoms. The normalized spacial score (nSPS) is 11.2. The first kappa shape index (κ1) is 16.5. The summed E-state index contributed by atoms with van der Waals surface area (Å²) in [4.78, 5) is 22.8. The maximum atomic E-state index is 11.9. The average molecular weight is 313 g/mol. The van der Waals surface area contributed by atoms with Crippen LogP contribution in [-0.2, 0) is 23.1 Å². The van der Waals surface area contributed by atoms with Crippen molar-refractivity contribution in [3.05, 3.63) is 53.9 Å². The molecular formula is C17H19N3O3. The molecule has 1 heterocycles. The molecule has 1 aromatic carbocycles. The Bertz CT molecular complexity index is 730. The van der Waals surface area contributed by atoms with E-state index in [4.69, 9.17) is 4.74 Å². The van der Waals surface area contributed by atoms with E-state index in [1.807, 2.05) is 29.9 Å². The maximum absolute atomic E-state index is 11.9. The number of esters is 1. The second-order valence-corrected chi connectivity index (χ2v) is 5.14. The number of amides is 1. The Labute approximate surface area is 134 Å². The molecule has 2 aromatic rings. The zero-order chi connectivity index (χ0) is 16.8. The molecule has 1 amide bonds. The molecule has 0 aliphatic rings. The van der Waals surface area contributed by atoms with E-state index in [-0.39, 0.29) is 18.3 Å². The lowest BCUT2D eigenvalue weighted by atomic mass is 10.1. The second-order valence-electron chi connectivity index (χ2n) is 5.14. The van der Waals surface area contributed by atoms with Gasteiger partial charge in [0.15, 0.2) is 0 Å². The van der Waals surface area contributed by atoms with E-state index in [2.05, 4.69) is 10.5 Å². The van der Waals surface area contributed by atoms with Gasteiger partial charge < -0.3 is 9.30 Å². The summed E-state index contributed by atoms with van der Waals surface area (Å²) >= 11 is 0. The van der Waals surface area contributed by atoms with Crippen molar-refractivity contribution < 1.29 is 14.3 Å². The van der Waals surface area contributed by atoms with Crippen LogP contribution in [0.5, 0.6) is 5.75 Å². The quantitative estimate of drug-likeness (QED) is 0.397. The predicted octanol–water partition coefficient (Wildman–Crippen LogP) is 2.03. The Kier molecular flexibility index (Phi) is 5.30. The van der Waals surface area contributed by atoms with Crippen molar-refractivity contribution in [2.75, 3.05) is 0 Å². The van der Waals surface area contributed by atoms with E-state index in [9.17, 15) is 9.59 Å². The topological polar surface area (TPSA) is 72.7 Å². The number of benzene rings is 1. The summed E-state index contributed by atoms with van der Waals surface area (Å²) in [7, 11) is 1.89. The van der Waals surface area contributed by atoms with Gasteiger partial charge in [0.1, 0.15) is 5.75 Å². The molecule has 0 atom stereocenters. The van der Waals surface area contributed by atoms with Crippen LogP contribution < -0.4 is 10.2 Å². The molecule has 0 saturated heterocycles. The van der Waals surface area contributed by atoms with Crippen molar-refractivity contribution >= 4 is 17.6 Å². The van der Waals surface area contributed by atoms with Crippen molar-refractivity contribution in [2.24, 2.45) is 12.1 Å². The first-order valence-electron chi connectivity index (χ1n) is 7.18. The summed E-state index contributed by atoms with van der Waals surface area (Å²) in [5, 5.41) is 4.10. The van der Waals surface area contributed by atoms with E-state index in [1.165, 1.54) is 6.92 Å². The fourth-order valence-corrected chi connectivity index (χ4v) is 2.03. The van der Waals surface area contributed by atoms with Gasteiger partial charge in [-0.1, -0.05) is 0 Å². The van der Waals surface area contributed by atoms with Crippen LogP contribution in [0.25, 0.3) is 0 Å². The molecule has 0 radical (unpaired) electrons. The number of hydrogen-bond acceptors (Lipinski definition) is 4. The molecule has 0 fully saturated rings. The zero-order valence-corrected chi connectivity index (χ0v) is 13.4. The van der Waals surface area contributed by atoms with Gasteiger partial charge in [-0.05, 0) is 48.9 Å². The average Bonchev–Trinajstić information content (AvgIpc) is 2.90. The summed E-state index contributed by atoms with van der Waals surface area (Å²) in [5.41, 5.74) is 4.96. The van der Waals surface area contributed by atoms with E-state index in [0.717, 1.165) is 11.3 Å². The monoisotopic (exact) mass is 313 g/mol. The Balaban J connectivity index is 1.95. The van der Waals surface area contributed by atoms with Crippen LogP contribution in [0.2, 0.25) is 0 Å². The summed E-state index contributed by atoms with van der Waals surface area (Å²) in [6.07, 6.45) is 2.16. The molecule has 0 bridgehead atoms.